The fourth-order valence-corrected chi connectivity index (χ4v) is 1.32. The molecule has 0 aliphatic carbocycles. The van der Waals surface area contributed by atoms with E-state index in [4.69, 9.17) is 10.2 Å². The van der Waals surface area contributed by atoms with Gasteiger partial charge in [0.05, 0.1) is 0 Å². The molecule has 21 heavy (non-hydrogen) atoms. The molecule has 0 spiro atoms. The molecule has 0 radical (unpaired) electrons. The van der Waals surface area contributed by atoms with Crippen molar-refractivity contribution in [3.05, 3.63) is 42.0 Å². The number of aromatic nitrogens is 3. The first-order valence-electron chi connectivity index (χ1n) is 5.13. The summed E-state index contributed by atoms with van der Waals surface area (Å²) in [7, 11) is 0. The topological polar surface area (TPSA) is 213 Å². The van der Waals surface area contributed by atoms with Gasteiger partial charge >= 0.3 is 5.79 Å². The van der Waals surface area contributed by atoms with Crippen molar-refractivity contribution in [1.29, 1.82) is 0 Å². The lowest BCUT2D eigenvalue weighted by molar-refractivity contribution is -0.965. The Morgan fingerprint density at radius 1 is 1.00 bits per heavy atom. The van der Waals surface area contributed by atoms with Gasteiger partial charge in [0.1, 0.15) is 13.2 Å². The van der Waals surface area contributed by atoms with Gasteiger partial charge in [0.15, 0.2) is 26.4 Å². The number of rotatable bonds is 8. The van der Waals surface area contributed by atoms with Crippen LogP contribution < -0.4 is 5.43 Å². The molecule has 0 fully saturated rings. The highest BCUT2D eigenvalue weighted by Gasteiger charge is 2.70. The van der Waals surface area contributed by atoms with E-state index in [1.807, 2.05) is 5.43 Å². The molecule has 1 aromatic rings. The smallest absolute Gasteiger partial charge is 0.388 e. The van der Waals surface area contributed by atoms with Crippen LogP contribution in [0.2, 0.25) is 0 Å². The monoisotopic (exact) mass is 307 g/mol. The number of nitrogens with zero attached hydrogens (tertiary/aromatic N) is 6. The third-order valence-corrected chi connectivity index (χ3v) is 2.43. The standard InChI is InChI=1S/C6H9N7O8/c14-1-4-8-9-5(2-15)10(4)7-3-6(11(16)17,12(18)19)13(20)21/h7,14-15H,1-3H2. The summed E-state index contributed by atoms with van der Waals surface area (Å²) in [5.41, 5.74) is 2.00. The molecule has 0 bridgehead atoms. The van der Waals surface area contributed by atoms with Gasteiger partial charge in [-0.2, -0.15) is 0 Å². The summed E-state index contributed by atoms with van der Waals surface area (Å²) in [6, 6.07) is 0. The molecule has 1 rings (SSSR count). The lowest BCUT2D eigenvalue weighted by Gasteiger charge is -2.13. The summed E-state index contributed by atoms with van der Waals surface area (Å²) < 4.78 is 0.700. The molecule has 15 heteroatoms. The Morgan fingerprint density at radius 2 is 1.38 bits per heavy atom. The summed E-state index contributed by atoms with van der Waals surface area (Å²) in [6.45, 7) is -2.80. The molecule has 1 aromatic heterocycles. The zero-order valence-corrected chi connectivity index (χ0v) is 10.1. The minimum atomic E-state index is -3.73. The minimum absolute atomic E-state index is 0.247. The van der Waals surface area contributed by atoms with Gasteiger partial charge in [-0.1, -0.05) is 0 Å². The maximum Gasteiger partial charge on any atom is 0.718 e. The highest BCUT2D eigenvalue weighted by atomic mass is 16.7. The Bertz CT molecular complexity index is 512. The third-order valence-electron chi connectivity index (χ3n) is 2.43. The van der Waals surface area contributed by atoms with Gasteiger partial charge < -0.3 is 15.6 Å². The van der Waals surface area contributed by atoms with E-state index in [1.165, 1.54) is 0 Å². The molecular weight excluding hydrogens is 298 g/mol. The second kappa shape index (κ2) is 6.01. The lowest BCUT2D eigenvalue weighted by atomic mass is 10.4. The molecule has 0 atom stereocenters. The van der Waals surface area contributed by atoms with Crippen LogP contribution in [0.1, 0.15) is 11.6 Å². The molecule has 116 valence electrons. The van der Waals surface area contributed by atoms with Crippen LogP contribution in [0.5, 0.6) is 0 Å². The average Bonchev–Trinajstić information content (AvgIpc) is 2.80. The molecular formula is C6H9N7O8. The third kappa shape index (κ3) is 2.67. The van der Waals surface area contributed by atoms with E-state index in [0.29, 0.717) is 4.68 Å². The zero-order valence-electron chi connectivity index (χ0n) is 10.1. The first-order chi connectivity index (χ1) is 9.81. The van der Waals surface area contributed by atoms with Crippen molar-refractivity contribution in [1.82, 2.24) is 14.9 Å². The highest BCUT2D eigenvalue weighted by Crippen LogP contribution is 2.12. The molecule has 15 nitrogen and oxygen atoms in total. The summed E-state index contributed by atoms with van der Waals surface area (Å²) in [5.74, 6) is -4.23. The molecule has 0 saturated heterocycles. The van der Waals surface area contributed by atoms with Crippen molar-refractivity contribution in [2.75, 3.05) is 12.0 Å². The van der Waals surface area contributed by atoms with Gasteiger partial charge in [0.25, 0.3) is 6.54 Å². The summed E-state index contributed by atoms with van der Waals surface area (Å²) in [5, 5.41) is 56.8. The number of aliphatic hydroxyl groups is 2. The fraction of sp³-hybridized carbons (Fsp3) is 0.667. The zero-order chi connectivity index (χ0) is 16.2. The Morgan fingerprint density at radius 3 is 1.67 bits per heavy atom. The van der Waals surface area contributed by atoms with E-state index in [2.05, 4.69) is 10.2 Å². The average molecular weight is 307 g/mol. The van der Waals surface area contributed by atoms with Gasteiger partial charge in [-0.15, -0.1) is 10.2 Å². The van der Waals surface area contributed by atoms with Crippen LogP contribution in [0.3, 0.4) is 0 Å². The van der Waals surface area contributed by atoms with Crippen LogP contribution in [-0.4, -0.2) is 52.2 Å². The summed E-state index contributed by atoms with van der Waals surface area (Å²) in [4.78, 5) is 27.2. The van der Waals surface area contributed by atoms with Crippen LogP contribution in [0.15, 0.2) is 0 Å². The SMILES string of the molecule is O=[N+]([O-])C(CNn1c(CO)nnc1CO)([N+](=O)[O-])[N+](=O)[O-]. The summed E-state index contributed by atoms with van der Waals surface area (Å²) >= 11 is 0. The minimum Gasteiger partial charge on any atom is -0.388 e. The molecule has 0 aromatic carbocycles. The predicted molar refractivity (Wildman–Crippen MR) is 59.8 cm³/mol. The molecule has 1 heterocycles. The maximum absolute atomic E-state index is 10.7. The normalized spacial score (nSPS) is 11.1. The van der Waals surface area contributed by atoms with E-state index in [9.17, 15) is 30.3 Å². The van der Waals surface area contributed by atoms with Crippen molar-refractivity contribution >= 4 is 0 Å². The second-order valence-electron chi connectivity index (χ2n) is 3.56. The van der Waals surface area contributed by atoms with Crippen LogP contribution in [-0.2, 0) is 13.2 Å². The molecule has 3 N–H and O–H groups in total. The molecule has 0 saturated carbocycles. The first kappa shape index (κ1) is 16.1. The Kier molecular flexibility index (Phi) is 4.61. The number of hydrogen-bond donors (Lipinski definition) is 3. The van der Waals surface area contributed by atoms with E-state index in [0.717, 1.165) is 0 Å². The first-order valence-corrected chi connectivity index (χ1v) is 5.13. The summed E-state index contributed by atoms with van der Waals surface area (Å²) in [6.07, 6.45) is 0. The maximum atomic E-state index is 10.7. The van der Waals surface area contributed by atoms with E-state index in [1.54, 1.807) is 0 Å². The Labute approximate surface area is 114 Å². The lowest BCUT2D eigenvalue weighted by Crippen LogP contribution is -2.59. The second-order valence-corrected chi connectivity index (χ2v) is 3.56. The van der Waals surface area contributed by atoms with Crippen molar-refractivity contribution in [2.24, 2.45) is 0 Å². The van der Waals surface area contributed by atoms with Crippen molar-refractivity contribution in [2.45, 2.75) is 19.0 Å². The van der Waals surface area contributed by atoms with Crippen LogP contribution in [0, 0.1) is 30.3 Å². The van der Waals surface area contributed by atoms with Crippen LogP contribution in [0.25, 0.3) is 0 Å². The van der Waals surface area contributed by atoms with Crippen molar-refractivity contribution in [3.8, 4) is 0 Å². The fourth-order valence-electron chi connectivity index (χ4n) is 1.32. The van der Waals surface area contributed by atoms with Crippen LogP contribution in [0.4, 0.5) is 0 Å². The number of hydrogen-bond acceptors (Lipinski definition) is 11. The van der Waals surface area contributed by atoms with Gasteiger partial charge in [0.2, 0.25) is 0 Å². The Hall–Kier alpha value is -2.94. The molecule has 0 amide bonds. The van der Waals surface area contributed by atoms with E-state index < -0.39 is 40.3 Å². The van der Waals surface area contributed by atoms with E-state index in [-0.39, 0.29) is 11.6 Å². The van der Waals surface area contributed by atoms with Gasteiger partial charge in [-0.05, 0) is 0 Å². The predicted octanol–water partition coefficient (Wildman–Crippen LogP) is -2.71. The number of aliphatic hydroxyl groups excluding tert-OH is 2. The van der Waals surface area contributed by atoms with E-state index >= 15 is 0 Å². The number of nitro groups is 3. The molecule has 0 aliphatic heterocycles. The quantitative estimate of drug-likeness (QED) is 0.255. The molecule has 0 aliphatic rings. The Balaban J connectivity index is 3.13. The van der Waals surface area contributed by atoms with Gasteiger partial charge in [0, 0.05) is 0 Å². The molecule has 0 unspecified atom stereocenters. The van der Waals surface area contributed by atoms with Crippen LogP contribution >= 0.6 is 0 Å². The van der Waals surface area contributed by atoms with Crippen molar-refractivity contribution < 1.29 is 25.0 Å². The highest BCUT2D eigenvalue weighted by molar-refractivity contribution is 4.97. The van der Waals surface area contributed by atoms with Gasteiger partial charge in [-0.25, -0.2) is 4.68 Å². The largest absolute Gasteiger partial charge is 0.718 e. The van der Waals surface area contributed by atoms with Gasteiger partial charge in [-0.3, -0.25) is 30.3 Å². The van der Waals surface area contributed by atoms with Crippen molar-refractivity contribution in [3.63, 3.8) is 0 Å². The number of nitrogens with one attached hydrogen (secondary N) is 1.